The lowest BCUT2D eigenvalue weighted by Crippen LogP contribution is -2.33. The Morgan fingerprint density at radius 3 is 2.00 bits per heavy atom. The van der Waals surface area contributed by atoms with E-state index in [1.54, 1.807) is 0 Å². The molecule has 2 heteroatoms. The molecule has 0 amide bonds. The van der Waals surface area contributed by atoms with Gasteiger partial charge in [-0.2, -0.15) is 0 Å². The smallest absolute Gasteiger partial charge is 0.139 e. The van der Waals surface area contributed by atoms with Gasteiger partial charge in [-0.05, 0) is 19.3 Å². The minimum Gasteiger partial charge on any atom is -0.248 e. The van der Waals surface area contributed by atoms with Gasteiger partial charge >= 0.3 is 0 Å². The predicted octanol–water partition coefficient (Wildman–Crippen LogP) is 1.85. The van der Waals surface area contributed by atoms with Crippen LogP contribution in [0, 0.1) is 0 Å². The van der Waals surface area contributed by atoms with Crippen molar-refractivity contribution in [1.82, 2.24) is 0 Å². The highest BCUT2D eigenvalue weighted by Gasteiger charge is 2.36. The number of halogens is 2. The lowest BCUT2D eigenvalue weighted by molar-refractivity contribution is 0.0355. The molecule has 0 aromatic heterocycles. The third-order valence-electron chi connectivity index (χ3n) is 1.49. The molecule has 0 unspecified atom stereocenters. The first-order valence-corrected chi connectivity index (χ1v) is 2.52. The van der Waals surface area contributed by atoms with Crippen LogP contribution in [0.3, 0.4) is 0 Å². The molecule has 0 aromatic carbocycles. The van der Waals surface area contributed by atoms with Crippen molar-refractivity contribution in [2.45, 2.75) is 24.9 Å². The molecule has 0 spiro atoms. The van der Waals surface area contributed by atoms with Crippen LogP contribution in [0.15, 0.2) is 0 Å². The van der Waals surface area contributed by atoms with Crippen LogP contribution in [0.1, 0.15) is 19.3 Å². The summed E-state index contributed by atoms with van der Waals surface area (Å²) in [6, 6.07) is 0. The second-order valence-electron chi connectivity index (χ2n) is 2.14. The van der Waals surface area contributed by atoms with E-state index in [1.807, 2.05) is 0 Å². The van der Waals surface area contributed by atoms with E-state index in [9.17, 15) is 8.78 Å². The van der Waals surface area contributed by atoms with Gasteiger partial charge in [0.15, 0.2) is 0 Å². The summed E-state index contributed by atoms with van der Waals surface area (Å²) in [7, 11) is 0. The van der Waals surface area contributed by atoms with Crippen LogP contribution in [0.5, 0.6) is 0 Å². The summed E-state index contributed by atoms with van der Waals surface area (Å²) in [6.45, 7) is -0.785. The lowest BCUT2D eigenvalue weighted by atomic mass is 9.83. The fourth-order valence-corrected chi connectivity index (χ4v) is 0.694. The Bertz CT molecular complexity index is 61.0. The molecule has 1 aliphatic carbocycles. The Kier molecular flexibility index (Phi) is 1.02. The van der Waals surface area contributed by atoms with Gasteiger partial charge in [-0.15, -0.1) is 0 Å². The summed E-state index contributed by atoms with van der Waals surface area (Å²) in [6.07, 6.45) is 1.73. The van der Waals surface area contributed by atoms with Crippen LogP contribution in [0.2, 0.25) is 0 Å². The van der Waals surface area contributed by atoms with Crippen molar-refractivity contribution >= 4 is 0 Å². The average molecular weight is 106 g/mol. The predicted molar refractivity (Wildman–Crippen MR) is 23.7 cm³/mol. The maximum atomic E-state index is 12.3. The van der Waals surface area contributed by atoms with Gasteiger partial charge in [0.2, 0.25) is 0 Å². The first-order chi connectivity index (χ1) is 3.27. The quantitative estimate of drug-likeness (QED) is 0.478. The normalized spacial score (nSPS) is 26.6. The van der Waals surface area contributed by atoms with Gasteiger partial charge in [0, 0.05) is 0 Å². The van der Waals surface area contributed by atoms with E-state index in [-0.39, 0.29) is 0 Å². The molecule has 0 atom stereocenters. The number of rotatable bonds is 1. The lowest BCUT2D eigenvalue weighted by Gasteiger charge is -2.30. The van der Waals surface area contributed by atoms with Crippen molar-refractivity contribution in [3.63, 3.8) is 0 Å². The third-order valence-corrected chi connectivity index (χ3v) is 1.49. The fourth-order valence-electron chi connectivity index (χ4n) is 0.694. The number of hydrogen-bond donors (Lipinski definition) is 0. The van der Waals surface area contributed by atoms with Crippen LogP contribution in [-0.4, -0.2) is 12.3 Å². The molecular weight excluding hydrogens is 98.1 g/mol. The van der Waals surface area contributed by atoms with E-state index >= 15 is 0 Å². The number of alkyl halides is 2. The molecule has 0 nitrogen and oxygen atoms in total. The van der Waals surface area contributed by atoms with Crippen LogP contribution < -0.4 is 0 Å². The summed E-state index contributed by atoms with van der Waals surface area (Å²) >= 11 is 0. The Balaban J connectivity index is 2.29. The van der Waals surface area contributed by atoms with Gasteiger partial charge in [0.1, 0.15) is 12.3 Å². The molecular formula is C5H8F2. The summed E-state index contributed by atoms with van der Waals surface area (Å²) in [5.41, 5.74) is -1.40. The zero-order valence-electron chi connectivity index (χ0n) is 4.08. The van der Waals surface area contributed by atoms with Crippen LogP contribution in [0.25, 0.3) is 0 Å². The van der Waals surface area contributed by atoms with Gasteiger partial charge in [0.25, 0.3) is 0 Å². The second-order valence-corrected chi connectivity index (χ2v) is 2.14. The van der Waals surface area contributed by atoms with Crippen molar-refractivity contribution in [1.29, 1.82) is 0 Å². The molecule has 0 N–H and O–H groups in total. The molecule has 0 radical (unpaired) electrons. The highest BCUT2D eigenvalue weighted by Crippen LogP contribution is 2.35. The molecule has 1 fully saturated rings. The van der Waals surface area contributed by atoms with E-state index in [4.69, 9.17) is 0 Å². The first kappa shape index (κ1) is 5.01. The molecule has 0 aliphatic heterocycles. The number of hydrogen-bond acceptors (Lipinski definition) is 0. The van der Waals surface area contributed by atoms with E-state index in [0.29, 0.717) is 12.8 Å². The van der Waals surface area contributed by atoms with E-state index < -0.39 is 12.3 Å². The average Bonchev–Trinajstić information content (AvgIpc) is 1.61. The third kappa shape index (κ3) is 0.740. The molecule has 7 heavy (non-hydrogen) atoms. The maximum absolute atomic E-state index is 12.3. The van der Waals surface area contributed by atoms with Crippen molar-refractivity contribution < 1.29 is 8.78 Å². The minimum absolute atomic E-state index is 0.434. The van der Waals surface area contributed by atoms with Crippen LogP contribution in [0.4, 0.5) is 8.78 Å². The first-order valence-electron chi connectivity index (χ1n) is 2.52. The zero-order chi connectivity index (χ0) is 5.33. The molecule has 1 saturated carbocycles. The Morgan fingerprint density at radius 2 is 2.00 bits per heavy atom. The monoisotopic (exact) mass is 106 g/mol. The Morgan fingerprint density at radius 1 is 1.43 bits per heavy atom. The van der Waals surface area contributed by atoms with E-state index in [1.165, 1.54) is 0 Å². The molecule has 0 heterocycles. The minimum atomic E-state index is -1.40. The summed E-state index contributed by atoms with van der Waals surface area (Å²) in [4.78, 5) is 0. The zero-order valence-corrected chi connectivity index (χ0v) is 4.08. The van der Waals surface area contributed by atoms with E-state index in [0.717, 1.165) is 6.42 Å². The largest absolute Gasteiger partial charge is 0.248 e. The maximum Gasteiger partial charge on any atom is 0.139 e. The van der Waals surface area contributed by atoms with Crippen molar-refractivity contribution in [2.24, 2.45) is 0 Å². The highest BCUT2D eigenvalue weighted by atomic mass is 19.2. The summed E-state index contributed by atoms with van der Waals surface area (Å²) in [5.74, 6) is 0. The van der Waals surface area contributed by atoms with Gasteiger partial charge in [0.05, 0.1) is 0 Å². The van der Waals surface area contributed by atoms with Gasteiger partial charge in [-0.25, -0.2) is 8.78 Å². The van der Waals surface area contributed by atoms with Crippen LogP contribution >= 0.6 is 0 Å². The van der Waals surface area contributed by atoms with Crippen molar-refractivity contribution in [3.8, 4) is 0 Å². The second kappa shape index (κ2) is 1.42. The molecule has 0 bridgehead atoms. The summed E-state index contributed by atoms with van der Waals surface area (Å²) < 4.78 is 23.7. The Hall–Kier alpha value is -0.140. The van der Waals surface area contributed by atoms with Gasteiger partial charge in [-0.3, -0.25) is 0 Å². The molecule has 1 rings (SSSR count). The molecule has 0 saturated heterocycles. The van der Waals surface area contributed by atoms with Crippen LogP contribution in [-0.2, 0) is 0 Å². The Labute approximate surface area is 41.5 Å². The van der Waals surface area contributed by atoms with E-state index in [2.05, 4.69) is 0 Å². The molecule has 42 valence electrons. The molecule has 0 aromatic rings. The van der Waals surface area contributed by atoms with Gasteiger partial charge in [-0.1, -0.05) is 0 Å². The van der Waals surface area contributed by atoms with Crippen molar-refractivity contribution in [2.75, 3.05) is 6.67 Å². The molecule has 1 aliphatic rings. The summed E-state index contributed by atoms with van der Waals surface area (Å²) in [5, 5.41) is 0. The van der Waals surface area contributed by atoms with Gasteiger partial charge < -0.3 is 0 Å². The SMILES string of the molecule is FCC1(F)CCC1. The van der Waals surface area contributed by atoms with Crippen molar-refractivity contribution in [3.05, 3.63) is 0 Å². The topological polar surface area (TPSA) is 0 Å². The standard InChI is InChI=1S/C5H8F2/c6-4-5(7)2-1-3-5/h1-4H2. The fraction of sp³-hybridized carbons (Fsp3) is 1.00. The highest BCUT2D eigenvalue weighted by molar-refractivity contribution is 4.87.